The lowest BCUT2D eigenvalue weighted by atomic mass is 9.74. The van der Waals surface area contributed by atoms with Gasteiger partial charge in [-0.15, -0.1) is 11.6 Å². The Morgan fingerprint density at radius 1 is 1.15 bits per heavy atom. The Kier molecular flexibility index (Phi) is 4.44. The SMILES string of the molecule is CC(C)C1(Cl)C(=O)CC(/C=C/c2ccccc2)CC1=O. The van der Waals surface area contributed by atoms with Gasteiger partial charge in [-0.25, -0.2) is 0 Å². The van der Waals surface area contributed by atoms with Crippen molar-refractivity contribution in [1.29, 1.82) is 0 Å². The topological polar surface area (TPSA) is 34.1 Å². The van der Waals surface area contributed by atoms with E-state index in [2.05, 4.69) is 0 Å². The molecular weight excluding hydrogens is 272 g/mol. The molecule has 0 unspecified atom stereocenters. The molecule has 1 saturated carbocycles. The first kappa shape index (κ1) is 15.0. The van der Waals surface area contributed by atoms with Gasteiger partial charge < -0.3 is 0 Å². The number of hydrogen-bond donors (Lipinski definition) is 0. The zero-order valence-corrected chi connectivity index (χ0v) is 12.6. The zero-order chi connectivity index (χ0) is 14.8. The van der Waals surface area contributed by atoms with Crippen LogP contribution in [0.5, 0.6) is 0 Å². The summed E-state index contributed by atoms with van der Waals surface area (Å²) in [6, 6.07) is 9.85. The second-order valence-corrected chi connectivity index (χ2v) is 6.25. The fourth-order valence-electron chi connectivity index (χ4n) is 2.59. The normalized spacial score (nSPS) is 27.5. The fraction of sp³-hybridized carbons (Fsp3) is 0.412. The molecule has 3 heteroatoms. The van der Waals surface area contributed by atoms with Crippen LogP contribution in [0.3, 0.4) is 0 Å². The summed E-state index contributed by atoms with van der Waals surface area (Å²) in [4.78, 5) is 23.1. The number of alkyl halides is 1. The van der Waals surface area contributed by atoms with Crippen molar-refractivity contribution in [2.24, 2.45) is 11.8 Å². The highest BCUT2D eigenvalue weighted by atomic mass is 35.5. The fourth-order valence-corrected chi connectivity index (χ4v) is 2.75. The van der Waals surface area contributed by atoms with Crippen molar-refractivity contribution < 1.29 is 9.59 Å². The molecule has 0 spiro atoms. The van der Waals surface area contributed by atoms with Crippen LogP contribution in [0.1, 0.15) is 32.3 Å². The number of Topliss-reactive ketones (excluding diaryl/α,β-unsaturated/α-hetero) is 2. The molecule has 1 aromatic carbocycles. The average molecular weight is 291 g/mol. The summed E-state index contributed by atoms with van der Waals surface area (Å²) in [6.07, 6.45) is 4.59. The van der Waals surface area contributed by atoms with Crippen molar-refractivity contribution in [2.45, 2.75) is 31.6 Å². The Morgan fingerprint density at radius 2 is 1.70 bits per heavy atom. The van der Waals surface area contributed by atoms with Gasteiger partial charge >= 0.3 is 0 Å². The minimum absolute atomic E-state index is 0.0409. The monoisotopic (exact) mass is 290 g/mol. The number of halogens is 1. The van der Waals surface area contributed by atoms with E-state index in [0.717, 1.165) is 5.56 Å². The molecule has 1 aliphatic carbocycles. The molecular formula is C17H19ClO2. The highest BCUT2D eigenvalue weighted by Crippen LogP contribution is 2.37. The summed E-state index contributed by atoms with van der Waals surface area (Å²) >= 11 is 6.27. The molecule has 2 nitrogen and oxygen atoms in total. The molecule has 0 saturated heterocycles. The molecule has 2 rings (SSSR count). The highest BCUT2D eigenvalue weighted by Gasteiger charge is 2.49. The van der Waals surface area contributed by atoms with Crippen LogP contribution in [-0.2, 0) is 9.59 Å². The maximum Gasteiger partial charge on any atom is 0.163 e. The minimum Gasteiger partial charge on any atom is -0.297 e. The van der Waals surface area contributed by atoms with Crippen LogP contribution in [0, 0.1) is 11.8 Å². The van der Waals surface area contributed by atoms with Crippen molar-refractivity contribution in [3.63, 3.8) is 0 Å². The summed E-state index contributed by atoms with van der Waals surface area (Å²) in [5.41, 5.74) is 1.07. The van der Waals surface area contributed by atoms with E-state index in [4.69, 9.17) is 11.6 Å². The molecule has 0 bridgehead atoms. The van der Waals surface area contributed by atoms with Gasteiger partial charge in [0, 0.05) is 12.8 Å². The van der Waals surface area contributed by atoms with Crippen molar-refractivity contribution in [3.05, 3.63) is 42.0 Å². The Labute approximate surface area is 124 Å². The maximum atomic E-state index is 12.2. The Hall–Kier alpha value is -1.41. The standard InChI is InChI=1S/C17H19ClO2/c1-12(2)17(18)15(19)10-14(11-16(17)20)9-8-13-6-4-3-5-7-13/h3-9,12,14H,10-11H2,1-2H3/b9-8+. The number of allylic oxidation sites excluding steroid dienone is 1. The number of rotatable bonds is 3. The summed E-state index contributed by atoms with van der Waals surface area (Å²) in [6.45, 7) is 3.64. The number of carbonyl (C=O) groups excluding carboxylic acids is 2. The van der Waals surface area contributed by atoms with Gasteiger partial charge in [0.25, 0.3) is 0 Å². The average Bonchev–Trinajstić information content (AvgIpc) is 2.43. The van der Waals surface area contributed by atoms with E-state index in [0.29, 0.717) is 12.8 Å². The first-order valence-corrected chi connectivity index (χ1v) is 7.31. The highest BCUT2D eigenvalue weighted by molar-refractivity contribution is 6.47. The van der Waals surface area contributed by atoms with E-state index in [-0.39, 0.29) is 23.4 Å². The predicted octanol–water partition coefficient (Wildman–Crippen LogP) is 3.88. The van der Waals surface area contributed by atoms with Crippen LogP contribution in [0.2, 0.25) is 0 Å². The van der Waals surface area contributed by atoms with Crippen molar-refractivity contribution in [1.82, 2.24) is 0 Å². The maximum absolute atomic E-state index is 12.2. The van der Waals surface area contributed by atoms with E-state index in [1.54, 1.807) is 0 Å². The van der Waals surface area contributed by atoms with Gasteiger partial charge in [-0.2, -0.15) is 0 Å². The van der Waals surface area contributed by atoms with Gasteiger partial charge in [0.1, 0.15) is 0 Å². The molecule has 0 aliphatic heterocycles. The third kappa shape index (κ3) is 2.85. The molecule has 106 valence electrons. The minimum atomic E-state index is -1.31. The number of hydrogen-bond acceptors (Lipinski definition) is 2. The second kappa shape index (κ2) is 5.92. The second-order valence-electron chi connectivity index (χ2n) is 5.65. The van der Waals surface area contributed by atoms with E-state index in [1.165, 1.54) is 0 Å². The quantitative estimate of drug-likeness (QED) is 0.625. The number of benzene rings is 1. The van der Waals surface area contributed by atoms with Crippen LogP contribution in [0.25, 0.3) is 6.08 Å². The third-order valence-corrected chi connectivity index (χ3v) is 4.72. The Bertz CT molecular complexity index is 513. The van der Waals surface area contributed by atoms with Gasteiger partial charge in [-0.05, 0) is 17.4 Å². The summed E-state index contributed by atoms with van der Waals surface area (Å²) in [5.74, 6) is -0.495. The van der Waals surface area contributed by atoms with E-state index in [1.807, 2.05) is 56.3 Å². The lowest BCUT2D eigenvalue weighted by Gasteiger charge is -2.34. The lowest BCUT2D eigenvalue weighted by Crippen LogP contribution is -2.50. The smallest absolute Gasteiger partial charge is 0.163 e. The Morgan fingerprint density at radius 3 is 2.20 bits per heavy atom. The molecule has 20 heavy (non-hydrogen) atoms. The van der Waals surface area contributed by atoms with E-state index in [9.17, 15) is 9.59 Å². The summed E-state index contributed by atoms with van der Waals surface area (Å²) in [5, 5.41) is 0. The summed E-state index contributed by atoms with van der Waals surface area (Å²) in [7, 11) is 0. The molecule has 1 fully saturated rings. The van der Waals surface area contributed by atoms with E-state index < -0.39 is 4.87 Å². The van der Waals surface area contributed by atoms with Crippen LogP contribution >= 0.6 is 11.6 Å². The van der Waals surface area contributed by atoms with Crippen LogP contribution in [0.4, 0.5) is 0 Å². The summed E-state index contributed by atoms with van der Waals surface area (Å²) < 4.78 is 0. The van der Waals surface area contributed by atoms with Gasteiger partial charge in [0.2, 0.25) is 0 Å². The molecule has 0 N–H and O–H groups in total. The van der Waals surface area contributed by atoms with Gasteiger partial charge in [-0.1, -0.05) is 56.3 Å². The van der Waals surface area contributed by atoms with Crippen LogP contribution in [0.15, 0.2) is 36.4 Å². The number of carbonyl (C=O) groups is 2. The molecule has 1 aromatic rings. The molecule has 1 aliphatic rings. The zero-order valence-electron chi connectivity index (χ0n) is 11.8. The van der Waals surface area contributed by atoms with Gasteiger partial charge in [-0.3, -0.25) is 9.59 Å². The van der Waals surface area contributed by atoms with Crippen molar-refractivity contribution >= 4 is 29.2 Å². The predicted molar refractivity (Wildman–Crippen MR) is 81.6 cm³/mol. The largest absolute Gasteiger partial charge is 0.297 e. The molecule has 0 atom stereocenters. The molecule has 0 amide bonds. The molecule has 0 aromatic heterocycles. The van der Waals surface area contributed by atoms with Crippen LogP contribution in [-0.4, -0.2) is 16.4 Å². The first-order valence-electron chi connectivity index (χ1n) is 6.93. The first-order chi connectivity index (χ1) is 9.44. The molecule has 0 radical (unpaired) electrons. The number of ketones is 2. The van der Waals surface area contributed by atoms with E-state index >= 15 is 0 Å². The van der Waals surface area contributed by atoms with Crippen molar-refractivity contribution in [3.8, 4) is 0 Å². The Balaban J connectivity index is 2.10. The lowest BCUT2D eigenvalue weighted by molar-refractivity contribution is -0.136. The molecule has 0 heterocycles. The third-order valence-electron chi connectivity index (χ3n) is 3.86. The van der Waals surface area contributed by atoms with Crippen LogP contribution < -0.4 is 0 Å². The van der Waals surface area contributed by atoms with Gasteiger partial charge in [0.15, 0.2) is 16.4 Å². The van der Waals surface area contributed by atoms with Gasteiger partial charge in [0.05, 0.1) is 0 Å². The van der Waals surface area contributed by atoms with Crippen molar-refractivity contribution in [2.75, 3.05) is 0 Å².